The second kappa shape index (κ2) is 6.75. The van der Waals surface area contributed by atoms with Crippen LogP contribution in [0, 0.1) is 0 Å². The van der Waals surface area contributed by atoms with E-state index in [1.54, 1.807) is 0 Å². The normalized spacial score (nSPS) is 17.1. The number of thiol groups is 2. The Balaban J connectivity index is 4.64. The van der Waals surface area contributed by atoms with Gasteiger partial charge in [-0.3, -0.25) is 9.05 Å². The molecule has 4 N–H and O–H groups in total. The van der Waals surface area contributed by atoms with Crippen LogP contribution in [0.5, 0.6) is 0 Å². The fraction of sp³-hybridized carbons (Fsp3) is 1.00. The Kier molecular flexibility index (Phi) is 7.13. The van der Waals surface area contributed by atoms with Gasteiger partial charge in [-0.2, -0.15) is 25.3 Å². The second-order valence-electron chi connectivity index (χ2n) is 2.63. The first-order chi connectivity index (χ1) is 7.09. The number of hydrogen-bond donors (Lipinski definition) is 6. The summed E-state index contributed by atoms with van der Waals surface area (Å²) in [7, 11) is -9.57. The van der Waals surface area contributed by atoms with E-state index in [9.17, 15) is 9.13 Å². The summed E-state index contributed by atoms with van der Waals surface area (Å²) in [6.45, 7) is 0. The number of phosphoric acid groups is 2. The standard InChI is InChI=1S/C4H12O8P2S2/c5-13(6,7)11-3(1-15)4(2-16)12-14(8,9)10/h3-4,15-16H,1-2H2,(H2,5,6,7)(H2,8,9,10)/t3-,4-/m1/s1. The smallest absolute Gasteiger partial charge is 0.303 e. The zero-order valence-corrected chi connectivity index (χ0v) is 11.4. The van der Waals surface area contributed by atoms with Gasteiger partial charge in [-0.15, -0.1) is 0 Å². The molecule has 0 unspecified atom stereocenters. The monoisotopic (exact) mass is 314 g/mol. The molecule has 0 fully saturated rings. The van der Waals surface area contributed by atoms with Crippen LogP contribution in [0.3, 0.4) is 0 Å². The molecule has 0 saturated heterocycles. The third kappa shape index (κ3) is 8.08. The molecular formula is C4H12O8P2S2. The maximum atomic E-state index is 10.6. The lowest BCUT2D eigenvalue weighted by Crippen LogP contribution is -2.33. The highest BCUT2D eigenvalue weighted by Crippen LogP contribution is 2.43. The van der Waals surface area contributed by atoms with Gasteiger partial charge < -0.3 is 19.6 Å². The number of phosphoric ester groups is 2. The molecule has 0 aromatic carbocycles. The van der Waals surface area contributed by atoms with E-state index in [-0.39, 0.29) is 11.5 Å². The van der Waals surface area contributed by atoms with Gasteiger partial charge in [0.1, 0.15) is 12.2 Å². The summed E-state index contributed by atoms with van der Waals surface area (Å²) in [6, 6.07) is 0. The maximum Gasteiger partial charge on any atom is 0.469 e. The van der Waals surface area contributed by atoms with Crippen LogP contribution in [-0.2, 0) is 18.2 Å². The van der Waals surface area contributed by atoms with E-state index in [0.717, 1.165) is 0 Å². The van der Waals surface area contributed by atoms with Crippen LogP contribution in [0.25, 0.3) is 0 Å². The van der Waals surface area contributed by atoms with Crippen molar-refractivity contribution >= 4 is 40.9 Å². The third-order valence-electron chi connectivity index (χ3n) is 1.32. The lowest BCUT2D eigenvalue weighted by Gasteiger charge is -2.24. The summed E-state index contributed by atoms with van der Waals surface area (Å²) in [4.78, 5) is 34.2. The van der Waals surface area contributed by atoms with Crippen molar-refractivity contribution in [2.75, 3.05) is 11.5 Å². The van der Waals surface area contributed by atoms with Gasteiger partial charge in [0.25, 0.3) is 0 Å². The van der Waals surface area contributed by atoms with Crippen LogP contribution in [0.15, 0.2) is 0 Å². The second-order valence-corrected chi connectivity index (χ2v) is 5.75. The molecule has 0 radical (unpaired) electrons. The van der Waals surface area contributed by atoms with Crippen LogP contribution in [0.2, 0.25) is 0 Å². The minimum Gasteiger partial charge on any atom is -0.303 e. The van der Waals surface area contributed by atoms with E-state index in [0.29, 0.717) is 0 Å². The van der Waals surface area contributed by atoms with Crippen molar-refractivity contribution in [3.63, 3.8) is 0 Å². The number of hydrogen-bond acceptors (Lipinski definition) is 6. The SMILES string of the molecule is O=P(O)(O)O[C@H](CS)[C@@H](CS)OP(=O)(O)O. The van der Waals surface area contributed by atoms with E-state index in [2.05, 4.69) is 34.3 Å². The summed E-state index contributed by atoms with van der Waals surface area (Å²) in [5.41, 5.74) is 0. The molecule has 0 saturated carbocycles. The molecule has 0 heterocycles. The summed E-state index contributed by atoms with van der Waals surface area (Å²) < 4.78 is 29.6. The lowest BCUT2D eigenvalue weighted by molar-refractivity contribution is 0.0391. The van der Waals surface area contributed by atoms with E-state index >= 15 is 0 Å². The lowest BCUT2D eigenvalue weighted by atomic mass is 10.3. The van der Waals surface area contributed by atoms with Crippen LogP contribution >= 0.6 is 40.9 Å². The molecule has 0 rings (SSSR count). The van der Waals surface area contributed by atoms with Crippen LogP contribution in [-0.4, -0.2) is 43.3 Å². The first-order valence-corrected chi connectivity index (χ1v) is 8.11. The van der Waals surface area contributed by atoms with Crippen LogP contribution in [0.4, 0.5) is 0 Å². The van der Waals surface area contributed by atoms with Gasteiger partial charge in [-0.05, 0) is 0 Å². The molecule has 0 amide bonds. The zero-order valence-electron chi connectivity index (χ0n) is 7.78. The fourth-order valence-electron chi connectivity index (χ4n) is 0.790. The van der Waals surface area contributed by atoms with Gasteiger partial charge in [-0.25, -0.2) is 9.13 Å². The molecule has 0 aliphatic heterocycles. The van der Waals surface area contributed by atoms with Gasteiger partial charge in [0.15, 0.2) is 0 Å². The van der Waals surface area contributed by atoms with E-state index in [4.69, 9.17) is 19.6 Å². The first kappa shape index (κ1) is 16.9. The molecule has 12 heteroatoms. The average molecular weight is 314 g/mol. The topological polar surface area (TPSA) is 134 Å². The van der Waals surface area contributed by atoms with Gasteiger partial charge in [0.2, 0.25) is 0 Å². The van der Waals surface area contributed by atoms with Crippen molar-refractivity contribution in [1.82, 2.24) is 0 Å². The molecule has 0 aromatic rings. The molecule has 0 bridgehead atoms. The van der Waals surface area contributed by atoms with E-state index < -0.39 is 27.9 Å². The Morgan fingerprint density at radius 3 is 1.25 bits per heavy atom. The summed E-state index contributed by atoms with van der Waals surface area (Å²) in [5, 5.41) is 0. The Bertz CT molecular complexity index is 268. The largest absolute Gasteiger partial charge is 0.469 e. The molecule has 16 heavy (non-hydrogen) atoms. The molecule has 0 aliphatic carbocycles. The Morgan fingerprint density at radius 1 is 0.875 bits per heavy atom. The highest BCUT2D eigenvalue weighted by molar-refractivity contribution is 7.80. The third-order valence-corrected chi connectivity index (χ3v) is 3.13. The van der Waals surface area contributed by atoms with Crippen molar-refractivity contribution < 1.29 is 37.8 Å². The zero-order chi connectivity index (χ0) is 13.0. The van der Waals surface area contributed by atoms with Crippen molar-refractivity contribution in [2.24, 2.45) is 0 Å². The first-order valence-electron chi connectivity index (χ1n) is 3.78. The number of rotatable bonds is 7. The van der Waals surface area contributed by atoms with Gasteiger partial charge in [0.05, 0.1) is 0 Å². The predicted octanol–water partition coefficient (Wildman–Crippen LogP) is -0.198. The molecule has 2 atom stereocenters. The van der Waals surface area contributed by atoms with E-state index in [1.807, 2.05) is 0 Å². The van der Waals surface area contributed by atoms with Gasteiger partial charge in [-0.1, -0.05) is 0 Å². The molecule has 8 nitrogen and oxygen atoms in total. The Labute approximate surface area is 103 Å². The quantitative estimate of drug-likeness (QED) is 0.281. The van der Waals surface area contributed by atoms with E-state index in [1.165, 1.54) is 0 Å². The van der Waals surface area contributed by atoms with Crippen molar-refractivity contribution in [3.8, 4) is 0 Å². The van der Waals surface area contributed by atoms with Gasteiger partial charge >= 0.3 is 15.6 Å². The summed E-state index contributed by atoms with van der Waals surface area (Å²) in [5.74, 6) is -0.396. The molecule has 0 aliphatic rings. The Morgan fingerprint density at radius 2 is 1.12 bits per heavy atom. The Hall–Kier alpha value is 0.920. The minimum atomic E-state index is -4.79. The highest BCUT2D eigenvalue weighted by Gasteiger charge is 2.32. The van der Waals surface area contributed by atoms with Crippen LogP contribution < -0.4 is 0 Å². The van der Waals surface area contributed by atoms with Gasteiger partial charge in [0, 0.05) is 11.5 Å². The molecular weight excluding hydrogens is 302 g/mol. The molecule has 0 aromatic heterocycles. The van der Waals surface area contributed by atoms with Crippen molar-refractivity contribution in [3.05, 3.63) is 0 Å². The summed E-state index contributed by atoms with van der Waals surface area (Å²) >= 11 is 7.47. The molecule has 98 valence electrons. The molecule has 0 spiro atoms. The van der Waals surface area contributed by atoms with Crippen LogP contribution in [0.1, 0.15) is 0 Å². The predicted molar refractivity (Wildman–Crippen MR) is 61.5 cm³/mol. The maximum absolute atomic E-state index is 10.6. The summed E-state index contributed by atoms with van der Waals surface area (Å²) in [6.07, 6.45) is -2.57. The van der Waals surface area contributed by atoms with Crippen molar-refractivity contribution in [1.29, 1.82) is 0 Å². The fourth-order valence-corrected chi connectivity index (χ4v) is 2.77. The average Bonchev–Trinajstić information content (AvgIpc) is 2.07. The minimum absolute atomic E-state index is 0.198. The highest BCUT2D eigenvalue weighted by atomic mass is 32.1. The van der Waals surface area contributed by atoms with Crippen molar-refractivity contribution in [2.45, 2.75) is 12.2 Å².